The lowest BCUT2D eigenvalue weighted by molar-refractivity contribution is -0.137. The van der Waals surface area contributed by atoms with Crippen molar-refractivity contribution in [3.8, 4) is 0 Å². The third kappa shape index (κ3) is 5.57. The molecule has 1 unspecified atom stereocenters. The highest BCUT2D eigenvalue weighted by Gasteiger charge is 2.36. The summed E-state index contributed by atoms with van der Waals surface area (Å²) in [5.74, 6) is -0.484. The van der Waals surface area contributed by atoms with Crippen LogP contribution in [0.15, 0.2) is 33.7 Å². The van der Waals surface area contributed by atoms with Crippen molar-refractivity contribution >= 4 is 15.9 Å². The summed E-state index contributed by atoms with van der Waals surface area (Å²) in [7, 11) is -3.78. The van der Waals surface area contributed by atoms with Gasteiger partial charge in [-0.2, -0.15) is 17.5 Å². The molecular weight excluding hydrogens is 459 g/mol. The third-order valence-corrected chi connectivity index (χ3v) is 8.04. The standard InChI is InChI=1S/C22H28F3N3O4S/c1-4-6-19(17-7-5-8-18(13-17)22(23,24)25)26-21(29)16-9-11-28(12-10-16)33(30,31)20-14(2)27-32-15(20)3/h5,7-8,13,16,19H,4,6,9-12H2,1-3H3,(H,26,29). The number of hydrogen-bond acceptors (Lipinski definition) is 5. The Labute approximate surface area is 191 Å². The minimum atomic E-state index is -4.46. The SMILES string of the molecule is CCCC(NC(=O)C1CCN(S(=O)(=O)c2c(C)noc2C)CC1)c1cccc(C(F)(F)F)c1. The van der Waals surface area contributed by atoms with Gasteiger partial charge in [-0.3, -0.25) is 4.79 Å². The van der Waals surface area contributed by atoms with Crippen molar-refractivity contribution in [3.63, 3.8) is 0 Å². The number of aryl methyl sites for hydroxylation is 2. The van der Waals surface area contributed by atoms with Crippen molar-refractivity contribution in [1.29, 1.82) is 0 Å². The molecule has 3 rings (SSSR count). The van der Waals surface area contributed by atoms with Crippen LogP contribution in [0.25, 0.3) is 0 Å². The van der Waals surface area contributed by atoms with Gasteiger partial charge in [-0.25, -0.2) is 8.42 Å². The molecule has 182 valence electrons. The number of carbonyl (C=O) groups is 1. The van der Waals surface area contributed by atoms with Crippen molar-refractivity contribution in [2.75, 3.05) is 13.1 Å². The summed E-state index contributed by atoms with van der Waals surface area (Å²) in [4.78, 5) is 13.0. The van der Waals surface area contributed by atoms with E-state index in [1.54, 1.807) is 13.0 Å². The molecule has 2 heterocycles. The van der Waals surface area contributed by atoms with Crippen molar-refractivity contribution < 1.29 is 30.9 Å². The number of hydrogen-bond donors (Lipinski definition) is 1. The van der Waals surface area contributed by atoms with E-state index in [-0.39, 0.29) is 35.3 Å². The monoisotopic (exact) mass is 487 g/mol. The number of benzene rings is 1. The number of piperidine rings is 1. The average Bonchev–Trinajstić information content (AvgIpc) is 3.11. The largest absolute Gasteiger partial charge is 0.416 e. The predicted molar refractivity (Wildman–Crippen MR) is 115 cm³/mol. The second-order valence-electron chi connectivity index (χ2n) is 8.30. The van der Waals surface area contributed by atoms with Crippen LogP contribution in [0.3, 0.4) is 0 Å². The Balaban J connectivity index is 1.67. The molecule has 1 N–H and O–H groups in total. The molecule has 0 radical (unpaired) electrons. The van der Waals surface area contributed by atoms with Gasteiger partial charge in [-0.05, 0) is 50.8 Å². The van der Waals surface area contributed by atoms with E-state index in [1.807, 2.05) is 6.92 Å². The van der Waals surface area contributed by atoms with Gasteiger partial charge in [0.05, 0.1) is 11.6 Å². The first-order valence-corrected chi connectivity index (χ1v) is 12.3. The fourth-order valence-corrected chi connectivity index (χ4v) is 5.92. The van der Waals surface area contributed by atoms with Crippen molar-refractivity contribution in [2.24, 2.45) is 5.92 Å². The van der Waals surface area contributed by atoms with Crippen LogP contribution in [0.4, 0.5) is 13.2 Å². The number of aromatic nitrogens is 1. The minimum absolute atomic E-state index is 0.0537. The molecule has 0 saturated carbocycles. The molecule has 7 nitrogen and oxygen atoms in total. The quantitative estimate of drug-likeness (QED) is 0.626. The molecule has 1 aliphatic heterocycles. The summed E-state index contributed by atoms with van der Waals surface area (Å²) in [5, 5.41) is 6.59. The Hall–Kier alpha value is -2.40. The van der Waals surface area contributed by atoms with Crippen LogP contribution in [0.2, 0.25) is 0 Å². The van der Waals surface area contributed by atoms with Gasteiger partial charge < -0.3 is 9.84 Å². The van der Waals surface area contributed by atoms with E-state index >= 15 is 0 Å². The Morgan fingerprint density at radius 3 is 2.48 bits per heavy atom. The molecule has 11 heteroatoms. The van der Waals surface area contributed by atoms with Gasteiger partial charge >= 0.3 is 6.18 Å². The van der Waals surface area contributed by atoms with E-state index in [2.05, 4.69) is 10.5 Å². The van der Waals surface area contributed by atoms with Crippen LogP contribution >= 0.6 is 0 Å². The molecule has 1 amide bonds. The van der Waals surface area contributed by atoms with Crippen LogP contribution in [-0.2, 0) is 21.0 Å². The number of amides is 1. The molecule has 0 bridgehead atoms. The molecule has 1 aliphatic rings. The van der Waals surface area contributed by atoms with Crippen LogP contribution in [-0.4, -0.2) is 36.9 Å². The van der Waals surface area contributed by atoms with Crippen LogP contribution < -0.4 is 5.32 Å². The molecule has 33 heavy (non-hydrogen) atoms. The maximum absolute atomic E-state index is 13.1. The first-order valence-electron chi connectivity index (χ1n) is 10.9. The lowest BCUT2D eigenvalue weighted by Gasteiger charge is -2.31. The Morgan fingerprint density at radius 1 is 1.27 bits per heavy atom. The number of halogens is 3. The van der Waals surface area contributed by atoms with Crippen molar-refractivity contribution in [3.05, 3.63) is 46.8 Å². The van der Waals surface area contributed by atoms with Crippen LogP contribution in [0.5, 0.6) is 0 Å². The number of sulfonamides is 1. The first-order chi connectivity index (χ1) is 15.4. The number of nitrogens with one attached hydrogen (secondary N) is 1. The number of nitrogens with zero attached hydrogens (tertiary/aromatic N) is 2. The summed E-state index contributed by atoms with van der Waals surface area (Å²) in [6.45, 7) is 5.31. The van der Waals surface area contributed by atoms with Gasteiger partial charge in [0.2, 0.25) is 15.9 Å². The van der Waals surface area contributed by atoms with Gasteiger partial charge in [-0.1, -0.05) is 30.6 Å². The van der Waals surface area contributed by atoms with Crippen molar-refractivity contribution in [1.82, 2.24) is 14.8 Å². The summed E-state index contributed by atoms with van der Waals surface area (Å²) in [5.41, 5.74) is -0.0671. The molecule has 1 saturated heterocycles. The first kappa shape index (κ1) is 25.2. The summed E-state index contributed by atoms with van der Waals surface area (Å²) in [6, 6.07) is 4.44. The summed E-state index contributed by atoms with van der Waals surface area (Å²) in [6.07, 6.45) is -2.66. The number of rotatable bonds is 7. The van der Waals surface area contributed by atoms with E-state index in [4.69, 9.17) is 4.52 Å². The zero-order chi connectivity index (χ0) is 24.4. The van der Waals surface area contributed by atoms with Crippen molar-refractivity contribution in [2.45, 2.75) is 63.6 Å². The average molecular weight is 488 g/mol. The highest BCUT2D eigenvalue weighted by atomic mass is 32.2. The van der Waals surface area contributed by atoms with E-state index in [0.717, 1.165) is 12.1 Å². The van der Waals surface area contributed by atoms with Gasteiger partial charge in [-0.15, -0.1) is 0 Å². The number of alkyl halides is 3. The maximum Gasteiger partial charge on any atom is 0.416 e. The Kier molecular flexibility index (Phi) is 7.52. The van der Waals surface area contributed by atoms with E-state index < -0.39 is 33.7 Å². The zero-order valence-electron chi connectivity index (χ0n) is 18.8. The highest BCUT2D eigenvalue weighted by molar-refractivity contribution is 7.89. The fourth-order valence-electron chi connectivity index (χ4n) is 4.16. The molecule has 1 atom stereocenters. The third-order valence-electron chi connectivity index (χ3n) is 5.90. The highest BCUT2D eigenvalue weighted by Crippen LogP contribution is 2.32. The molecule has 2 aromatic rings. The molecule has 1 fully saturated rings. The molecule has 1 aromatic heterocycles. The molecule has 0 spiro atoms. The van der Waals surface area contributed by atoms with Gasteiger partial charge in [0.1, 0.15) is 10.6 Å². The van der Waals surface area contributed by atoms with Gasteiger partial charge in [0.15, 0.2) is 5.76 Å². The summed E-state index contributed by atoms with van der Waals surface area (Å²) >= 11 is 0. The second kappa shape index (κ2) is 9.84. The van der Waals surface area contributed by atoms with E-state index in [1.165, 1.54) is 17.3 Å². The van der Waals surface area contributed by atoms with Crippen LogP contribution in [0, 0.1) is 19.8 Å². The van der Waals surface area contributed by atoms with Gasteiger partial charge in [0, 0.05) is 19.0 Å². The maximum atomic E-state index is 13.1. The molecular formula is C22H28F3N3O4S. The molecule has 1 aromatic carbocycles. The normalized spacial score (nSPS) is 17.2. The van der Waals surface area contributed by atoms with E-state index in [0.29, 0.717) is 31.2 Å². The lowest BCUT2D eigenvalue weighted by Crippen LogP contribution is -2.43. The minimum Gasteiger partial charge on any atom is -0.360 e. The summed E-state index contributed by atoms with van der Waals surface area (Å²) < 4.78 is 71.5. The smallest absolute Gasteiger partial charge is 0.360 e. The topological polar surface area (TPSA) is 92.5 Å². The Bertz CT molecular complexity index is 1070. The lowest BCUT2D eigenvalue weighted by atomic mass is 9.95. The van der Waals surface area contributed by atoms with Gasteiger partial charge in [0.25, 0.3) is 0 Å². The second-order valence-corrected chi connectivity index (χ2v) is 10.2. The number of carbonyl (C=O) groups excluding carboxylic acids is 1. The Morgan fingerprint density at radius 2 is 1.94 bits per heavy atom. The van der Waals surface area contributed by atoms with Crippen LogP contribution in [0.1, 0.15) is 61.2 Å². The molecule has 0 aliphatic carbocycles. The fraction of sp³-hybridized carbons (Fsp3) is 0.545. The van der Waals surface area contributed by atoms with E-state index in [9.17, 15) is 26.4 Å². The zero-order valence-corrected chi connectivity index (χ0v) is 19.6. The predicted octanol–water partition coefficient (Wildman–Crippen LogP) is 4.37.